The lowest BCUT2D eigenvalue weighted by molar-refractivity contribution is 0.204. The summed E-state index contributed by atoms with van der Waals surface area (Å²) in [6, 6.07) is 0. The number of hydrogen-bond acceptors (Lipinski definition) is 3. The predicted molar refractivity (Wildman–Crippen MR) is 84.7 cm³/mol. The predicted octanol–water partition coefficient (Wildman–Crippen LogP) is 3.33. The van der Waals surface area contributed by atoms with Gasteiger partial charge in [0.2, 0.25) is 0 Å². The summed E-state index contributed by atoms with van der Waals surface area (Å²) in [5.41, 5.74) is 1.56. The molecule has 1 aromatic rings. The van der Waals surface area contributed by atoms with Crippen LogP contribution in [0.5, 0.6) is 0 Å². The molecule has 20 heavy (non-hydrogen) atoms. The molecule has 0 aliphatic heterocycles. The second-order valence-corrected chi connectivity index (χ2v) is 7.12. The van der Waals surface area contributed by atoms with Gasteiger partial charge in [0, 0.05) is 25.3 Å². The van der Waals surface area contributed by atoms with Gasteiger partial charge in [-0.2, -0.15) is 0 Å². The fraction of sp³-hybridized carbons (Fsp3) is 0.875. The Morgan fingerprint density at radius 1 is 1.25 bits per heavy atom. The average Bonchev–Trinajstić information content (AvgIpc) is 2.77. The number of unbranched alkanes of at least 4 members (excludes halogenated alkanes) is 1. The lowest BCUT2D eigenvalue weighted by Gasteiger charge is -2.36. The van der Waals surface area contributed by atoms with Crippen LogP contribution in [0.25, 0.3) is 0 Å². The zero-order valence-electron chi connectivity index (χ0n) is 14.2. The van der Waals surface area contributed by atoms with Gasteiger partial charge in [0.15, 0.2) is 0 Å². The van der Waals surface area contributed by atoms with E-state index in [9.17, 15) is 0 Å². The number of hydrogen-bond donors (Lipinski definition) is 1. The topological polar surface area (TPSA) is 42.7 Å². The zero-order valence-corrected chi connectivity index (χ0v) is 14.2. The first-order chi connectivity index (χ1) is 9.30. The lowest BCUT2D eigenvalue weighted by Crippen LogP contribution is -2.44. The number of aromatic nitrogens is 3. The zero-order chi connectivity index (χ0) is 15.2. The van der Waals surface area contributed by atoms with Crippen molar-refractivity contribution in [3.8, 4) is 0 Å². The van der Waals surface area contributed by atoms with Gasteiger partial charge in [0.05, 0.1) is 5.69 Å². The van der Waals surface area contributed by atoms with Crippen LogP contribution in [0.15, 0.2) is 6.20 Å². The quantitative estimate of drug-likeness (QED) is 0.794. The van der Waals surface area contributed by atoms with Crippen molar-refractivity contribution in [1.82, 2.24) is 20.3 Å². The van der Waals surface area contributed by atoms with Gasteiger partial charge in [-0.25, -0.2) is 0 Å². The number of aryl methyl sites for hydroxylation is 1. The molecule has 1 unspecified atom stereocenters. The van der Waals surface area contributed by atoms with Crippen molar-refractivity contribution < 1.29 is 0 Å². The van der Waals surface area contributed by atoms with E-state index in [4.69, 9.17) is 0 Å². The summed E-state index contributed by atoms with van der Waals surface area (Å²) in [5, 5.41) is 12.1. The monoisotopic (exact) mass is 280 g/mol. The Balaban J connectivity index is 2.80. The van der Waals surface area contributed by atoms with Crippen LogP contribution in [-0.2, 0) is 13.5 Å². The minimum atomic E-state index is 0.162. The molecule has 1 rings (SSSR count). The number of nitrogens with one attached hydrogen (secondary N) is 1. The standard InChI is InChI=1S/C16H32N4/c1-7-9-10-16(8-2,13-17-15(3,4)5)11-14-12-20(6)19-18-14/h12,17H,7-11,13H2,1-6H3. The second-order valence-electron chi connectivity index (χ2n) is 7.12. The first-order valence-electron chi connectivity index (χ1n) is 7.90. The van der Waals surface area contributed by atoms with Crippen LogP contribution >= 0.6 is 0 Å². The Morgan fingerprint density at radius 2 is 1.95 bits per heavy atom. The molecule has 4 nitrogen and oxygen atoms in total. The lowest BCUT2D eigenvalue weighted by atomic mass is 9.76. The van der Waals surface area contributed by atoms with E-state index in [2.05, 4.69) is 50.2 Å². The van der Waals surface area contributed by atoms with E-state index in [1.54, 1.807) is 4.68 Å². The summed E-state index contributed by atoms with van der Waals surface area (Å²) in [6.07, 6.45) is 8.01. The van der Waals surface area contributed by atoms with E-state index in [0.29, 0.717) is 5.41 Å². The van der Waals surface area contributed by atoms with Crippen molar-refractivity contribution in [1.29, 1.82) is 0 Å². The van der Waals surface area contributed by atoms with E-state index in [1.807, 2.05) is 13.2 Å². The molecule has 0 bridgehead atoms. The van der Waals surface area contributed by atoms with E-state index >= 15 is 0 Å². The van der Waals surface area contributed by atoms with Crippen molar-refractivity contribution in [2.24, 2.45) is 12.5 Å². The molecule has 0 aliphatic carbocycles. The highest BCUT2D eigenvalue weighted by Crippen LogP contribution is 2.32. The minimum Gasteiger partial charge on any atom is -0.312 e. The third-order valence-electron chi connectivity index (χ3n) is 4.01. The molecule has 1 aromatic heterocycles. The van der Waals surface area contributed by atoms with Gasteiger partial charge in [0.1, 0.15) is 0 Å². The Hall–Kier alpha value is -0.900. The van der Waals surface area contributed by atoms with E-state index < -0.39 is 0 Å². The Labute approximate surface area is 124 Å². The van der Waals surface area contributed by atoms with Crippen molar-refractivity contribution >= 4 is 0 Å². The Bertz CT molecular complexity index is 391. The molecule has 0 radical (unpaired) electrons. The number of rotatable bonds is 8. The van der Waals surface area contributed by atoms with Crippen LogP contribution < -0.4 is 5.32 Å². The van der Waals surface area contributed by atoms with Crippen molar-refractivity contribution in [3.05, 3.63) is 11.9 Å². The van der Waals surface area contributed by atoms with Gasteiger partial charge in [-0.1, -0.05) is 31.9 Å². The molecule has 0 aliphatic rings. The van der Waals surface area contributed by atoms with E-state index in [-0.39, 0.29) is 5.54 Å². The van der Waals surface area contributed by atoms with Gasteiger partial charge in [-0.15, -0.1) is 5.10 Å². The second kappa shape index (κ2) is 7.21. The maximum absolute atomic E-state index is 4.29. The molecular weight excluding hydrogens is 248 g/mol. The summed E-state index contributed by atoms with van der Waals surface area (Å²) in [4.78, 5) is 0. The van der Waals surface area contributed by atoms with Gasteiger partial charge in [-0.05, 0) is 45.4 Å². The van der Waals surface area contributed by atoms with E-state index in [1.165, 1.54) is 25.7 Å². The van der Waals surface area contributed by atoms with Crippen LogP contribution in [0, 0.1) is 5.41 Å². The maximum Gasteiger partial charge on any atom is 0.0833 e. The van der Waals surface area contributed by atoms with Crippen LogP contribution in [0.2, 0.25) is 0 Å². The summed E-state index contributed by atoms with van der Waals surface area (Å²) in [7, 11) is 1.93. The summed E-state index contributed by atoms with van der Waals surface area (Å²) in [5.74, 6) is 0. The normalized spacial score (nSPS) is 15.3. The molecular formula is C16H32N4. The van der Waals surface area contributed by atoms with E-state index in [0.717, 1.165) is 18.7 Å². The highest BCUT2D eigenvalue weighted by Gasteiger charge is 2.30. The third kappa shape index (κ3) is 5.61. The molecule has 0 saturated carbocycles. The van der Waals surface area contributed by atoms with Crippen LogP contribution in [0.4, 0.5) is 0 Å². The average molecular weight is 280 g/mol. The first-order valence-corrected chi connectivity index (χ1v) is 7.90. The molecule has 116 valence electrons. The molecule has 0 aromatic carbocycles. The first kappa shape index (κ1) is 17.2. The van der Waals surface area contributed by atoms with Crippen molar-refractivity contribution in [2.75, 3.05) is 6.54 Å². The molecule has 0 saturated heterocycles. The Kier molecular flexibility index (Phi) is 6.18. The van der Waals surface area contributed by atoms with Crippen molar-refractivity contribution in [3.63, 3.8) is 0 Å². The Morgan fingerprint density at radius 3 is 2.40 bits per heavy atom. The summed E-state index contributed by atoms with van der Waals surface area (Å²) in [6.45, 7) is 12.3. The fourth-order valence-corrected chi connectivity index (χ4v) is 2.53. The van der Waals surface area contributed by atoms with Gasteiger partial charge in [-0.3, -0.25) is 4.68 Å². The highest BCUT2D eigenvalue weighted by molar-refractivity contribution is 5.00. The maximum atomic E-state index is 4.29. The minimum absolute atomic E-state index is 0.162. The molecule has 1 N–H and O–H groups in total. The molecule has 0 spiro atoms. The van der Waals surface area contributed by atoms with Crippen LogP contribution in [0.1, 0.15) is 66.0 Å². The van der Waals surface area contributed by atoms with Crippen molar-refractivity contribution in [2.45, 2.75) is 72.3 Å². The summed E-state index contributed by atoms with van der Waals surface area (Å²) < 4.78 is 1.80. The smallest absolute Gasteiger partial charge is 0.0833 e. The van der Waals surface area contributed by atoms with Crippen LogP contribution in [0.3, 0.4) is 0 Å². The molecule has 4 heteroatoms. The largest absolute Gasteiger partial charge is 0.312 e. The molecule has 1 atom stereocenters. The number of nitrogens with zero attached hydrogens (tertiary/aromatic N) is 3. The highest BCUT2D eigenvalue weighted by atomic mass is 15.4. The van der Waals surface area contributed by atoms with Gasteiger partial charge < -0.3 is 5.32 Å². The summed E-state index contributed by atoms with van der Waals surface area (Å²) >= 11 is 0. The molecule has 1 heterocycles. The third-order valence-corrected chi connectivity index (χ3v) is 4.01. The fourth-order valence-electron chi connectivity index (χ4n) is 2.53. The van der Waals surface area contributed by atoms with Crippen LogP contribution in [-0.4, -0.2) is 27.1 Å². The molecule has 0 amide bonds. The molecule has 0 fully saturated rings. The van der Waals surface area contributed by atoms with Gasteiger partial charge in [0.25, 0.3) is 0 Å². The van der Waals surface area contributed by atoms with Gasteiger partial charge >= 0.3 is 0 Å². The SMILES string of the molecule is CCCCC(CC)(CNC(C)(C)C)Cc1cn(C)nn1.